The molecule has 0 spiro atoms. The van der Waals surface area contributed by atoms with Crippen molar-refractivity contribution in [1.29, 1.82) is 0 Å². The molecule has 2 N–H and O–H groups in total. The van der Waals surface area contributed by atoms with Crippen LogP contribution in [-0.2, 0) is 4.79 Å². The third-order valence-corrected chi connectivity index (χ3v) is 3.92. The lowest BCUT2D eigenvalue weighted by Crippen LogP contribution is -2.37. The number of rotatable bonds is 4. The lowest BCUT2D eigenvalue weighted by Gasteiger charge is -2.22. The Hall–Kier alpha value is -0.770. The molecule has 19 heavy (non-hydrogen) atoms. The van der Waals surface area contributed by atoms with E-state index in [4.69, 9.17) is 23.2 Å². The molecule has 1 aromatic rings. The summed E-state index contributed by atoms with van der Waals surface area (Å²) in [6.45, 7) is 0.313. The van der Waals surface area contributed by atoms with Crippen molar-refractivity contribution in [3.63, 3.8) is 0 Å². The Morgan fingerprint density at radius 2 is 1.95 bits per heavy atom. The topological polar surface area (TPSA) is 41.1 Å². The molecule has 0 heterocycles. The first-order valence-electron chi connectivity index (χ1n) is 6.63. The summed E-state index contributed by atoms with van der Waals surface area (Å²) in [5.74, 6) is -0.0882. The molecule has 1 saturated carbocycles. The fraction of sp³-hybridized carbons (Fsp3) is 0.500. The van der Waals surface area contributed by atoms with E-state index in [0.717, 1.165) is 12.8 Å². The van der Waals surface area contributed by atoms with Crippen molar-refractivity contribution >= 4 is 34.8 Å². The van der Waals surface area contributed by atoms with E-state index in [2.05, 4.69) is 10.6 Å². The van der Waals surface area contributed by atoms with Crippen LogP contribution in [0.15, 0.2) is 18.2 Å². The van der Waals surface area contributed by atoms with Gasteiger partial charge in [0, 0.05) is 11.1 Å². The van der Waals surface area contributed by atoms with Crippen LogP contribution in [0.2, 0.25) is 10.0 Å². The number of nitrogens with one attached hydrogen (secondary N) is 2. The Kier molecular flexibility index (Phi) is 5.49. The first kappa shape index (κ1) is 14.6. The zero-order chi connectivity index (χ0) is 13.7. The minimum atomic E-state index is -0.0882. The van der Waals surface area contributed by atoms with Crippen molar-refractivity contribution in [2.45, 2.75) is 38.1 Å². The average Bonchev–Trinajstić information content (AvgIpc) is 2.42. The molecule has 104 valence electrons. The van der Waals surface area contributed by atoms with Crippen LogP contribution in [0.5, 0.6) is 0 Å². The number of carbonyl (C=O) groups excluding carboxylic acids is 1. The highest BCUT2D eigenvalue weighted by atomic mass is 35.5. The standard InChI is InChI=1S/C14H18Cl2N2O/c15-10-6-7-12(16)13(8-10)18-14(19)9-17-11-4-2-1-3-5-11/h6-8,11,17H,1-5,9H2,(H,18,19). The lowest BCUT2D eigenvalue weighted by atomic mass is 9.95. The van der Waals surface area contributed by atoms with Gasteiger partial charge in [0.1, 0.15) is 0 Å². The molecule has 3 nitrogen and oxygen atoms in total. The van der Waals surface area contributed by atoms with Gasteiger partial charge in [-0.2, -0.15) is 0 Å². The summed E-state index contributed by atoms with van der Waals surface area (Å²) in [5, 5.41) is 7.11. The first-order valence-corrected chi connectivity index (χ1v) is 7.39. The van der Waals surface area contributed by atoms with Gasteiger partial charge in [-0.05, 0) is 31.0 Å². The highest BCUT2D eigenvalue weighted by Gasteiger charge is 2.14. The third kappa shape index (κ3) is 4.68. The van der Waals surface area contributed by atoms with Gasteiger partial charge in [-0.15, -0.1) is 0 Å². The van der Waals surface area contributed by atoms with Crippen LogP contribution in [0.25, 0.3) is 0 Å². The van der Waals surface area contributed by atoms with Crippen LogP contribution in [0, 0.1) is 0 Å². The minimum Gasteiger partial charge on any atom is -0.324 e. The number of carbonyl (C=O) groups is 1. The van der Waals surface area contributed by atoms with Crippen molar-refractivity contribution in [2.75, 3.05) is 11.9 Å². The van der Waals surface area contributed by atoms with Gasteiger partial charge in [-0.3, -0.25) is 4.79 Å². The summed E-state index contributed by atoms with van der Waals surface area (Å²) in [4.78, 5) is 11.8. The van der Waals surface area contributed by atoms with Crippen molar-refractivity contribution in [2.24, 2.45) is 0 Å². The second-order valence-electron chi connectivity index (χ2n) is 4.89. The van der Waals surface area contributed by atoms with E-state index >= 15 is 0 Å². The van der Waals surface area contributed by atoms with Crippen LogP contribution in [0.1, 0.15) is 32.1 Å². The van der Waals surface area contributed by atoms with Crippen LogP contribution in [0.3, 0.4) is 0 Å². The van der Waals surface area contributed by atoms with Gasteiger partial charge >= 0.3 is 0 Å². The molecule has 0 bridgehead atoms. The normalized spacial score (nSPS) is 16.3. The molecule has 5 heteroatoms. The second kappa shape index (κ2) is 7.13. The van der Waals surface area contributed by atoms with Gasteiger partial charge in [0.25, 0.3) is 0 Å². The quantitative estimate of drug-likeness (QED) is 0.886. The molecule has 1 aliphatic carbocycles. The maximum Gasteiger partial charge on any atom is 0.238 e. The highest BCUT2D eigenvalue weighted by Crippen LogP contribution is 2.25. The third-order valence-electron chi connectivity index (χ3n) is 3.36. The Morgan fingerprint density at radius 1 is 1.21 bits per heavy atom. The molecule has 1 amide bonds. The Labute approximate surface area is 123 Å². The van der Waals surface area contributed by atoms with E-state index in [1.54, 1.807) is 18.2 Å². The second-order valence-corrected chi connectivity index (χ2v) is 5.73. The van der Waals surface area contributed by atoms with Gasteiger partial charge in [0.15, 0.2) is 0 Å². The van der Waals surface area contributed by atoms with Crippen molar-refractivity contribution < 1.29 is 4.79 Å². The molecule has 0 aliphatic heterocycles. The minimum absolute atomic E-state index is 0.0882. The fourth-order valence-electron chi connectivity index (χ4n) is 2.33. The molecule has 1 fully saturated rings. The van der Waals surface area contributed by atoms with Gasteiger partial charge in [0.05, 0.1) is 17.3 Å². The largest absolute Gasteiger partial charge is 0.324 e. The molecule has 0 atom stereocenters. The SMILES string of the molecule is O=C(CNC1CCCCC1)Nc1cc(Cl)ccc1Cl. The summed E-state index contributed by atoms with van der Waals surface area (Å²) in [7, 11) is 0. The summed E-state index contributed by atoms with van der Waals surface area (Å²) in [6, 6.07) is 5.49. The van der Waals surface area contributed by atoms with E-state index in [1.807, 2.05) is 0 Å². The van der Waals surface area contributed by atoms with Crippen LogP contribution >= 0.6 is 23.2 Å². The summed E-state index contributed by atoms with van der Waals surface area (Å²) in [5.41, 5.74) is 0.560. The highest BCUT2D eigenvalue weighted by molar-refractivity contribution is 6.35. The molecule has 1 aliphatic rings. The van der Waals surface area contributed by atoms with E-state index in [-0.39, 0.29) is 5.91 Å². The number of halogens is 2. The Bertz CT molecular complexity index is 445. The van der Waals surface area contributed by atoms with Crippen LogP contribution < -0.4 is 10.6 Å². The van der Waals surface area contributed by atoms with E-state index in [0.29, 0.717) is 28.3 Å². The van der Waals surface area contributed by atoms with Gasteiger partial charge < -0.3 is 10.6 Å². The molecular weight excluding hydrogens is 283 g/mol. The maximum absolute atomic E-state index is 11.8. The number of hydrogen-bond acceptors (Lipinski definition) is 2. The van der Waals surface area contributed by atoms with Crippen molar-refractivity contribution in [3.8, 4) is 0 Å². The first-order chi connectivity index (χ1) is 9.15. The molecule has 0 radical (unpaired) electrons. The average molecular weight is 301 g/mol. The molecule has 0 saturated heterocycles. The molecule has 2 rings (SSSR count). The molecular formula is C14H18Cl2N2O. The Balaban J connectivity index is 1.81. The number of benzene rings is 1. The fourth-order valence-corrected chi connectivity index (χ4v) is 2.67. The van der Waals surface area contributed by atoms with E-state index in [1.165, 1.54) is 19.3 Å². The van der Waals surface area contributed by atoms with Gasteiger partial charge in [-0.25, -0.2) is 0 Å². The predicted molar refractivity (Wildman–Crippen MR) is 80.0 cm³/mol. The molecule has 0 aromatic heterocycles. The summed E-state index contributed by atoms with van der Waals surface area (Å²) >= 11 is 11.9. The van der Waals surface area contributed by atoms with Crippen molar-refractivity contribution in [1.82, 2.24) is 5.32 Å². The molecule has 0 unspecified atom stereocenters. The van der Waals surface area contributed by atoms with Gasteiger partial charge in [0.2, 0.25) is 5.91 Å². The van der Waals surface area contributed by atoms with Crippen LogP contribution in [0.4, 0.5) is 5.69 Å². The Morgan fingerprint density at radius 3 is 2.68 bits per heavy atom. The monoisotopic (exact) mass is 300 g/mol. The number of anilines is 1. The predicted octanol–water partition coefficient (Wildman–Crippen LogP) is 3.85. The zero-order valence-electron chi connectivity index (χ0n) is 10.7. The smallest absolute Gasteiger partial charge is 0.238 e. The summed E-state index contributed by atoms with van der Waals surface area (Å²) < 4.78 is 0. The zero-order valence-corrected chi connectivity index (χ0v) is 12.2. The van der Waals surface area contributed by atoms with E-state index < -0.39 is 0 Å². The number of amides is 1. The number of hydrogen-bond donors (Lipinski definition) is 2. The maximum atomic E-state index is 11.8. The van der Waals surface area contributed by atoms with Crippen LogP contribution in [-0.4, -0.2) is 18.5 Å². The lowest BCUT2D eigenvalue weighted by molar-refractivity contribution is -0.115. The van der Waals surface area contributed by atoms with E-state index in [9.17, 15) is 4.79 Å². The summed E-state index contributed by atoms with van der Waals surface area (Å²) in [6.07, 6.45) is 6.12. The van der Waals surface area contributed by atoms with Gasteiger partial charge in [-0.1, -0.05) is 42.5 Å². The molecule has 1 aromatic carbocycles. The van der Waals surface area contributed by atoms with Crippen molar-refractivity contribution in [3.05, 3.63) is 28.2 Å².